The topological polar surface area (TPSA) is 100 Å². The standard InChI is InChI=1S/C17H16BrN3O4/c1-2-25-15-8-11(6-7-14(15)22)10-19-21-17(24)16(23)20-13-5-3-4-12(18)9-13/h3-10,22H,2H2,1H3,(H,20,23)(H,21,24)/b19-10-. The SMILES string of the molecule is CCOc1cc(/C=N\NC(=O)C(=O)Nc2cccc(Br)c2)ccc1O. The third-order valence-corrected chi connectivity index (χ3v) is 3.45. The van der Waals surface area contributed by atoms with Crippen molar-refractivity contribution >= 4 is 39.6 Å². The van der Waals surface area contributed by atoms with E-state index in [-0.39, 0.29) is 5.75 Å². The number of benzene rings is 2. The lowest BCUT2D eigenvalue weighted by Gasteiger charge is -2.06. The molecule has 0 aliphatic heterocycles. The van der Waals surface area contributed by atoms with Gasteiger partial charge in [-0.15, -0.1) is 0 Å². The van der Waals surface area contributed by atoms with Gasteiger partial charge in [0.1, 0.15) is 0 Å². The van der Waals surface area contributed by atoms with Gasteiger partial charge in [-0.2, -0.15) is 5.10 Å². The lowest BCUT2D eigenvalue weighted by molar-refractivity contribution is -0.136. The molecule has 7 nitrogen and oxygen atoms in total. The molecule has 0 fully saturated rings. The molecular weight excluding hydrogens is 390 g/mol. The molecule has 2 aromatic carbocycles. The summed E-state index contributed by atoms with van der Waals surface area (Å²) in [4.78, 5) is 23.5. The third-order valence-electron chi connectivity index (χ3n) is 2.95. The maximum Gasteiger partial charge on any atom is 0.329 e. The Balaban J connectivity index is 1.93. The van der Waals surface area contributed by atoms with Gasteiger partial charge in [-0.25, -0.2) is 5.43 Å². The zero-order valence-electron chi connectivity index (χ0n) is 13.3. The summed E-state index contributed by atoms with van der Waals surface area (Å²) in [6.07, 6.45) is 1.34. The van der Waals surface area contributed by atoms with Crippen LogP contribution in [0.2, 0.25) is 0 Å². The largest absolute Gasteiger partial charge is 0.504 e. The molecule has 0 aliphatic rings. The normalized spacial score (nSPS) is 10.5. The van der Waals surface area contributed by atoms with E-state index in [0.29, 0.717) is 23.6 Å². The monoisotopic (exact) mass is 405 g/mol. The highest BCUT2D eigenvalue weighted by Gasteiger charge is 2.12. The molecule has 0 spiro atoms. The number of halogens is 1. The third kappa shape index (κ3) is 5.61. The Morgan fingerprint density at radius 3 is 2.76 bits per heavy atom. The fourth-order valence-electron chi connectivity index (χ4n) is 1.85. The van der Waals surface area contributed by atoms with Crippen molar-refractivity contribution in [3.05, 3.63) is 52.5 Å². The van der Waals surface area contributed by atoms with Gasteiger partial charge in [0.15, 0.2) is 11.5 Å². The van der Waals surface area contributed by atoms with Crippen molar-refractivity contribution in [1.29, 1.82) is 0 Å². The highest BCUT2D eigenvalue weighted by Crippen LogP contribution is 2.26. The molecule has 2 aromatic rings. The van der Waals surface area contributed by atoms with Crippen LogP contribution in [0, 0.1) is 0 Å². The van der Waals surface area contributed by atoms with E-state index in [1.165, 1.54) is 12.3 Å². The van der Waals surface area contributed by atoms with Gasteiger partial charge in [-0.1, -0.05) is 22.0 Å². The van der Waals surface area contributed by atoms with Crippen LogP contribution in [0.1, 0.15) is 12.5 Å². The van der Waals surface area contributed by atoms with Gasteiger partial charge in [-0.3, -0.25) is 9.59 Å². The summed E-state index contributed by atoms with van der Waals surface area (Å²) in [5, 5.41) is 15.8. The number of carbonyl (C=O) groups excluding carboxylic acids is 2. The Kier molecular flexibility index (Phi) is 6.53. The van der Waals surface area contributed by atoms with Crippen molar-refractivity contribution in [2.24, 2.45) is 5.10 Å². The first-order chi connectivity index (χ1) is 12.0. The molecule has 2 rings (SSSR count). The molecule has 3 N–H and O–H groups in total. The number of amides is 2. The number of rotatable bonds is 5. The quantitative estimate of drug-likeness (QED) is 0.404. The molecule has 0 saturated carbocycles. The van der Waals surface area contributed by atoms with E-state index in [2.05, 4.69) is 31.8 Å². The summed E-state index contributed by atoms with van der Waals surface area (Å²) in [7, 11) is 0. The van der Waals surface area contributed by atoms with Gasteiger partial charge >= 0.3 is 11.8 Å². The van der Waals surface area contributed by atoms with Crippen molar-refractivity contribution in [2.45, 2.75) is 6.92 Å². The number of aromatic hydroxyl groups is 1. The van der Waals surface area contributed by atoms with Crippen LogP contribution in [0.25, 0.3) is 0 Å². The van der Waals surface area contributed by atoms with Crippen LogP contribution >= 0.6 is 15.9 Å². The Bertz CT molecular complexity index is 808. The van der Waals surface area contributed by atoms with E-state index < -0.39 is 11.8 Å². The van der Waals surface area contributed by atoms with E-state index >= 15 is 0 Å². The maximum absolute atomic E-state index is 11.8. The minimum absolute atomic E-state index is 0.0106. The number of hydrogen-bond acceptors (Lipinski definition) is 5. The number of anilines is 1. The number of carbonyl (C=O) groups is 2. The fourth-order valence-corrected chi connectivity index (χ4v) is 2.25. The van der Waals surface area contributed by atoms with Crippen LogP contribution in [-0.2, 0) is 9.59 Å². The first-order valence-corrected chi connectivity index (χ1v) is 8.14. The fraction of sp³-hybridized carbons (Fsp3) is 0.118. The Morgan fingerprint density at radius 2 is 2.04 bits per heavy atom. The molecule has 0 bridgehead atoms. The number of nitrogens with one attached hydrogen (secondary N) is 2. The van der Waals surface area contributed by atoms with Gasteiger partial charge < -0.3 is 15.2 Å². The second kappa shape index (κ2) is 8.84. The average Bonchev–Trinajstić information content (AvgIpc) is 2.58. The first-order valence-electron chi connectivity index (χ1n) is 7.35. The Morgan fingerprint density at radius 1 is 1.24 bits per heavy atom. The van der Waals surface area contributed by atoms with Crippen molar-refractivity contribution in [3.8, 4) is 11.5 Å². The Hall–Kier alpha value is -2.87. The first kappa shape index (κ1) is 18.5. The summed E-state index contributed by atoms with van der Waals surface area (Å²) >= 11 is 3.28. The van der Waals surface area contributed by atoms with E-state index in [9.17, 15) is 14.7 Å². The predicted octanol–water partition coefficient (Wildman–Crippen LogP) is 2.64. The van der Waals surface area contributed by atoms with Crippen molar-refractivity contribution in [3.63, 3.8) is 0 Å². The van der Waals surface area contributed by atoms with Crippen molar-refractivity contribution in [2.75, 3.05) is 11.9 Å². The van der Waals surface area contributed by atoms with E-state index in [1.807, 2.05) is 0 Å². The van der Waals surface area contributed by atoms with Crippen molar-refractivity contribution in [1.82, 2.24) is 5.43 Å². The van der Waals surface area contributed by atoms with Gasteiger partial charge in [0.2, 0.25) is 0 Å². The summed E-state index contributed by atoms with van der Waals surface area (Å²) < 4.78 is 6.03. The van der Waals surface area contributed by atoms with Crippen LogP contribution in [0.3, 0.4) is 0 Å². The smallest absolute Gasteiger partial charge is 0.329 e. The van der Waals surface area contributed by atoms with E-state index in [0.717, 1.165) is 4.47 Å². The highest BCUT2D eigenvalue weighted by atomic mass is 79.9. The molecule has 0 unspecified atom stereocenters. The number of phenolic OH excluding ortho intramolecular Hbond substituents is 1. The number of nitrogens with zero attached hydrogens (tertiary/aromatic N) is 1. The number of phenols is 1. The molecule has 8 heteroatoms. The molecule has 0 heterocycles. The Labute approximate surface area is 152 Å². The minimum atomic E-state index is -0.903. The molecule has 2 amide bonds. The highest BCUT2D eigenvalue weighted by molar-refractivity contribution is 9.10. The maximum atomic E-state index is 11.8. The molecule has 0 atom stereocenters. The van der Waals surface area contributed by atoms with Gasteiger partial charge in [0.05, 0.1) is 12.8 Å². The summed E-state index contributed by atoms with van der Waals surface area (Å²) in [6, 6.07) is 11.5. The van der Waals surface area contributed by atoms with Crippen LogP contribution < -0.4 is 15.5 Å². The molecular formula is C17H16BrN3O4. The van der Waals surface area contributed by atoms with Gasteiger partial charge in [0.25, 0.3) is 0 Å². The second-order valence-corrected chi connectivity index (χ2v) is 5.74. The second-order valence-electron chi connectivity index (χ2n) is 4.82. The van der Waals surface area contributed by atoms with Crippen LogP contribution in [0.4, 0.5) is 5.69 Å². The summed E-state index contributed by atoms with van der Waals surface area (Å²) in [6.45, 7) is 2.20. The zero-order chi connectivity index (χ0) is 18.2. The van der Waals surface area contributed by atoms with Crippen LogP contribution in [0.15, 0.2) is 52.0 Å². The average molecular weight is 406 g/mol. The summed E-state index contributed by atoms with van der Waals surface area (Å²) in [5.74, 6) is -1.42. The zero-order valence-corrected chi connectivity index (χ0v) is 14.9. The molecule has 0 aromatic heterocycles. The predicted molar refractivity (Wildman–Crippen MR) is 97.8 cm³/mol. The van der Waals surface area contributed by atoms with Crippen LogP contribution in [0.5, 0.6) is 11.5 Å². The number of ether oxygens (including phenoxy) is 1. The lowest BCUT2D eigenvalue weighted by Crippen LogP contribution is -2.32. The summed E-state index contributed by atoms with van der Waals surface area (Å²) in [5.41, 5.74) is 3.21. The minimum Gasteiger partial charge on any atom is -0.504 e. The van der Waals surface area contributed by atoms with E-state index in [1.54, 1.807) is 43.3 Å². The van der Waals surface area contributed by atoms with E-state index in [4.69, 9.17) is 4.74 Å². The molecule has 25 heavy (non-hydrogen) atoms. The van der Waals surface area contributed by atoms with Crippen molar-refractivity contribution < 1.29 is 19.4 Å². The van der Waals surface area contributed by atoms with Gasteiger partial charge in [-0.05, 0) is 48.9 Å². The van der Waals surface area contributed by atoms with Crippen LogP contribution in [-0.4, -0.2) is 29.7 Å². The molecule has 0 saturated heterocycles. The number of hydrogen-bond donors (Lipinski definition) is 3. The molecule has 0 aliphatic carbocycles. The molecule has 130 valence electrons. The molecule has 0 radical (unpaired) electrons. The van der Waals surface area contributed by atoms with Gasteiger partial charge in [0, 0.05) is 10.2 Å². The number of hydrazone groups is 1. The lowest BCUT2D eigenvalue weighted by atomic mass is 10.2.